The third-order valence-corrected chi connectivity index (χ3v) is 2.43. The molecule has 0 aliphatic rings. The maximum atomic E-state index is 5.28. The summed E-state index contributed by atoms with van der Waals surface area (Å²) < 4.78 is 5.28. The van der Waals surface area contributed by atoms with Crippen molar-refractivity contribution >= 4 is 21.8 Å². The molecule has 68 valence electrons. The molecular weight excluding hydrogens is 176 g/mol. The standard InChI is InChI=1S/C11H8N2O/c1-14-9-4-2-3-8-7-5-12-11(10(8)9)13-6-7/h2-6H,1H3. The summed E-state index contributed by atoms with van der Waals surface area (Å²) in [4.78, 5) is 8.45. The average molecular weight is 184 g/mol. The predicted octanol–water partition coefficient (Wildman–Crippen LogP) is 2.23. The third kappa shape index (κ3) is 0.812. The summed E-state index contributed by atoms with van der Waals surface area (Å²) >= 11 is 0. The molecule has 14 heavy (non-hydrogen) atoms. The number of hydrogen-bond donors (Lipinski definition) is 0. The molecule has 0 atom stereocenters. The van der Waals surface area contributed by atoms with Gasteiger partial charge < -0.3 is 4.74 Å². The molecule has 3 aromatic heterocycles. The highest BCUT2D eigenvalue weighted by molar-refractivity contribution is 6.08. The minimum Gasteiger partial charge on any atom is -0.496 e. The number of aromatic nitrogens is 2. The first-order valence-corrected chi connectivity index (χ1v) is 4.40. The van der Waals surface area contributed by atoms with E-state index in [9.17, 15) is 0 Å². The molecule has 0 spiro atoms. The van der Waals surface area contributed by atoms with Crippen LogP contribution in [0.4, 0.5) is 0 Å². The van der Waals surface area contributed by atoms with E-state index in [1.165, 1.54) is 0 Å². The van der Waals surface area contributed by atoms with E-state index in [2.05, 4.69) is 16.0 Å². The summed E-state index contributed by atoms with van der Waals surface area (Å²) in [6, 6.07) is 5.97. The molecule has 0 aliphatic carbocycles. The fraction of sp³-hybridized carbons (Fsp3) is 0.0909. The molecular formula is C11H8N2O. The number of benzene rings is 1. The van der Waals surface area contributed by atoms with E-state index < -0.39 is 0 Å². The molecule has 0 aliphatic heterocycles. The number of nitrogens with zero attached hydrogens (tertiary/aromatic N) is 2. The Labute approximate surface area is 80.7 Å². The topological polar surface area (TPSA) is 35.0 Å². The fourth-order valence-corrected chi connectivity index (χ4v) is 1.77. The molecule has 0 saturated carbocycles. The van der Waals surface area contributed by atoms with E-state index in [1.54, 1.807) is 7.11 Å². The molecule has 0 saturated heterocycles. The van der Waals surface area contributed by atoms with Crippen LogP contribution in [0.3, 0.4) is 0 Å². The lowest BCUT2D eigenvalue weighted by molar-refractivity contribution is 0.420. The molecule has 1 aromatic carbocycles. The Morgan fingerprint density at radius 2 is 1.93 bits per heavy atom. The van der Waals surface area contributed by atoms with E-state index in [1.807, 2.05) is 24.5 Å². The monoisotopic (exact) mass is 184 g/mol. The predicted molar refractivity (Wildman–Crippen MR) is 54.8 cm³/mol. The second-order valence-corrected chi connectivity index (χ2v) is 3.18. The lowest BCUT2D eigenvalue weighted by Gasteiger charge is -2.08. The van der Waals surface area contributed by atoms with E-state index >= 15 is 0 Å². The van der Waals surface area contributed by atoms with Gasteiger partial charge in [0.15, 0.2) is 5.65 Å². The minimum atomic E-state index is 0.743. The van der Waals surface area contributed by atoms with E-state index in [0.717, 1.165) is 27.6 Å². The van der Waals surface area contributed by atoms with E-state index in [0.29, 0.717) is 0 Å². The molecule has 0 unspecified atom stereocenters. The smallest absolute Gasteiger partial charge is 0.163 e. The average Bonchev–Trinajstić information content (AvgIpc) is 2.30. The molecule has 3 nitrogen and oxygen atoms in total. The van der Waals surface area contributed by atoms with Crippen LogP contribution in [-0.2, 0) is 0 Å². The van der Waals surface area contributed by atoms with Gasteiger partial charge >= 0.3 is 0 Å². The summed E-state index contributed by atoms with van der Waals surface area (Å²) in [5.74, 6) is 0.837. The van der Waals surface area contributed by atoms with Gasteiger partial charge in [0, 0.05) is 17.8 Å². The Hall–Kier alpha value is -1.90. The van der Waals surface area contributed by atoms with Gasteiger partial charge in [-0.2, -0.15) is 0 Å². The molecule has 0 fully saturated rings. The second-order valence-electron chi connectivity index (χ2n) is 3.18. The van der Waals surface area contributed by atoms with Crippen LogP contribution in [0.15, 0.2) is 30.6 Å². The summed E-state index contributed by atoms with van der Waals surface area (Å²) in [7, 11) is 1.66. The van der Waals surface area contributed by atoms with Crippen LogP contribution < -0.4 is 4.74 Å². The maximum Gasteiger partial charge on any atom is 0.163 e. The van der Waals surface area contributed by atoms with Crippen molar-refractivity contribution in [2.45, 2.75) is 0 Å². The zero-order valence-electron chi connectivity index (χ0n) is 7.69. The largest absolute Gasteiger partial charge is 0.496 e. The SMILES string of the molecule is COc1cccc2c3cnc(nc3)c12. The Bertz CT molecular complexity index is 571. The zero-order valence-corrected chi connectivity index (χ0v) is 7.69. The first-order valence-electron chi connectivity index (χ1n) is 4.40. The van der Waals surface area contributed by atoms with Gasteiger partial charge in [0.05, 0.1) is 12.5 Å². The summed E-state index contributed by atoms with van der Waals surface area (Å²) in [6.45, 7) is 0. The molecule has 0 N–H and O–H groups in total. The highest BCUT2D eigenvalue weighted by Crippen LogP contribution is 2.31. The van der Waals surface area contributed by atoms with Crippen LogP contribution in [0.2, 0.25) is 0 Å². The van der Waals surface area contributed by atoms with Crippen molar-refractivity contribution < 1.29 is 4.74 Å². The van der Waals surface area contributed by atoms with Gasteiger partial charge in [-0.1, -0.05) is 12.1 Å². The van der Waals surface area contributed by atoms with Crippen molar-refractivity contribution in [2.75, 3.05) is 7.11 Å². The van der Waals surface area contributed by atoms with Crippen LogP contribution in [-0.4, -0.2) is 17.1 Å². The highest BCUT2D eigenvalue weighted by Gasteiger charge is 2.09. The van der Waals surface area contributed by atoms with E-state index in [-0.39, 0.29) is 0 Å². The highest BCUT2D eigenvalue weighted by atomic mass is 16.5. The Kier molecular flexibility index (Phi) is 1.36. The number of fused-ring (bicyclic) bond motifs is 2. The summed E-state index contributed by atoms with van der Waals surface area (Å²) in [5.41, 5.74) is 0.743. The van der Waals surface area contributed by atoms with Gasteiger partial charge in [-0.15, -0.1) is 0 Å². The molecule has 2 bridgehead atoms. The molecule has 4 aromatic rings. The number of hydrogen-bond acceptors (Lipinski definition) is 3. The van der Waals surface area contributed by atoms with Gasteiger partial charge in [-0.05, 0) is 11.5 Å². The summed E-state index contributed by atoms with van der Waals surface area (Å²) in [6.07, 6.45) is 3.67. The van der Waals surface area contributed by atoms with E-state index in [4.69, 9.17) is 4.74 Å². The Morgan fingerprint density at radius 3 is 2.64 bits per heavy atom. The molecule has 0 amide bonds. The van der Waals surface area contributed by atoms with Gasteiger partial charge in [0.2, 0.25) is 0 Å². The maximum absolute atomic E-state index is 5.28. The number of ether oxygens (including phenoxy) is 1. The van der Waals surface area contributed by atoms with Gasteiger partial charge in [-0.25, -0.2) is 9.97 Å². The van der Waals surface area contributed by atoms with Crippen LogP contribution in [0.25, 0.3) is 21.8 Å². The van der Waals surface area contributed by atoms with Crippen LogP contribution in [0.1, 0.15) is 0 Å². The minimum absolute atomic E-state index is 0.743. The lowest BCUT2D eigenvalue weighted by atomic mass is 10.1. The van der Waals surface area contributed by atoms with Gasteiger partial charge in [0.1, 0.15) is 5.75 Å². The first kappa shape index (κ1) is 7.50. The molecule has 3 heteroatoms. The van der Waals surface area contributed by atoms with Gasteiger partial charge in [-0.3, -0.25) is 0 Å². The third-order valence-electron chi connectivity index (χ3n) is 2.43. The molecule has 4 rings (SSSR count). The fourth-order valence-electron chi connectivity index (χ4n) is 1.77. The van der Waals surface area contributed by atoms with Crippen LogP contribution in [0, 0.1) is 0 Å². The Morgan fingerprint density at radius 1 is 1.14 bits per heavy atom. The number of methoxy groups -OCH3 is 1. The van der Waals surface area contributed by atoms with Crippen molar-refractivity contribution in [3.63, 3.8) is 0 Å². The molecule has 3 heterocycles. The lowest BCUT2D eigenvalue weighted by Crippen LogP contribution is -1.91. The normalized spacial score (nSPS) is 11.2. The molecule has 0 radical (unpaired) electrons. The van der Waals surface area contributed by atoms with Crippen molar-refractivity contribution in [1.29, 1.82) is 0 Å². The Balaban J connectivity index is 2.61. The van der Waals surface area contributed by atoms with Crippen molar-refractivity contribution in [1.82, 2.24) is 9.97 Å². The van der Waals surface area contributed by atoms with Crippen molar-refractivity contribution in [3.8, 4) is 5.75 Å². The number of pyridine rings is 2. The van der Waals surface area contributed by atoms with Crippen LogP contribution >= 0.6 is 0 Å². The van der Waals surface area contributed by atoms with Gasteiger partial charge in [0.25, 0.3) is 0 Å². The van der Waals surface area contributed by atoms with Crippen LogP contribution in [0.5, 0.6) is 5.75 Å². The quantitative estimate of drug-likeness (QED) is 0.581. The van der Waals surface area contributed by atoms with Crippen molar-refractivity contribution in [3.05, 3.63) is 30.6 Å². The first-order chi connectivity index (χ1) is 6.90. The second kappa shape index (κ2) is 2.54. The number of rotatable bonds is 1. The summed E-state index contributed by atoms with van der Waals surface area (Å²) in [5, 5.41) is 3.22. The zero-order chi connectivity index (χ0) is 9.54. The van der Waals surface area contributed by atoms with Crippen molar-refractivity contribution in [2.24, 2.45) is 0 Å².